The smallest absolute Gasteiger partial charge is 0.151 e. The van der Waals surface area contributed by atoms with Gasteiger partial charge in [-0.1, -0.05) is 45.0 Å². The lowest BCUT2D eigenvalue weighted by molar-refractivity contribution is 0.590. The highest BCUT2D eigenvalue weighted by molar-refractivity contribution is 7.13. The Morgan fingerprint density at radius 2 is 1.82 bits per heavy atom. The molecular formula is C13H17N3S. The number of aromatic nitrogens is 1. The van der Waals surface area contributed by atoms with Gasteiger partial charge in [0.2, 0.25) is 0 Å². The number of hydrogen-bond donors (Lipinski definition) is 2. The molecule has 0 saturated carbocycles. The first-order valence-electron chi connectivity index (χ1n) is 5.54. The molecule has 1 aromatic heterocycles. The number of nitrogens with two attached hydrogens (primary N) is 1. The van der Waals surface area contributed by atoms with E-state index in [1.54, 1.807) is 11.3 Å². The lowest BCUT2D eigenvalue weighted by atomic mass is 9.87. The van der Waals surface area contributed by atoms with Gasteiger partial charge >= 0.3 is 0 Å². The summed E-state index contributed by atoms with van der Waals surface area (Å²) in [5, 5.41) is 2.89. The van der Waals surface area contributed by atoms with Crippen LogP contribution in [0.3, 0.4) is 0 Å². The van der Waals surface area contributed by atoms with Crippen LogP contribution in [0.4, 0.5) is 5.82 Å². The standard InChI is InChI=1S/C13H17N3S/c1-13(2,3)10-6-4-9(5-7-10)12-15-11(16-14)8-17-12/h4-8,16H,14H2,1-3H3. The first kappa shape index (κ1) is 12.1. The van der Waals surface area contributed by atoms with Crippen molar-refractivity contribution in [2.24, 2.45) is 5.84 Å². The van der Waals surface area contributed by atoms with Crippen molar-refractivity contribution in [2.45, 2.75) is 26.2 Å². The van der Waals surface area contributed by atoms with Gasteiger partial charge in [0.15, 0.2) is 5.82 Å². The fourth-order valence-corrected chi connectivity index (χ4v) is 2.35. The average molecular weight is 247 g/mol. The van der Waals surface area contributed by atoms with Gasteiger partial charge in [0.05, 0.1) is 0 Å². The van der Waals surface area contributed by atoms with Crippen molar-refractivity contribution >= 4 is 17.2 Å². The largest absolute Gasteiger partial charge is 0.308 e. The molecule has 1 aromatic carbocycles. The van der Waals surface area contributed by atoms with Crippen LogP contribution in [-0.2, 0) is 5.41 Å². The van der Waals surface area contributed by atoms with Crippen LogP contribution in [0, 0.1) is 0 Å². The van der Waals surface area contributed by atoms with Crippen LogP contribution in [-0.4, -0.2) is 4.98 Å². The molecular weight excluding hydrogens is 230 g/mol. The monoisotopic (exact) mass is 247 g/mol. The molecule has 3 N–H and O–H groups in total. The quantitative estimate of drug-likeness (QED) is 0.631. The maximum Gasteiger partial charge on any atom is 0.151 e. The Morgan fingerprint density at radius 3 is 2.29 bits per heavy atom. The SMILES string of the molecule is CC(C)(C)c1ccc(-c2nc(NN)cs2)cc1. The summed E-state index contributed by atoms with van der Waals surface area (Å²) in [4.78, 5) is 4.37. The Labute approximate surface area is 106 Å². The molecule has 2 aromatic rings. The molecule has 0 aliphatic rings. The number of nitrogen functional groups attached to an aromatic ring is 1. The molecule has 17 heavy (non-hydrogen) atoms. The van der Waals surface area contributed by atoms with Crippen molar-refractivity contribution in [1.29, 1.82) is 0 Å². The van der Waals surface area contributed by atoms with Crippen LogP contribution in [0.5, 0.6) is 0 Å². The van der Waals surface area contributed by atoms with E-state index in [0.717, 1.165) is 10.6 Å². The number of benzene rings is 1. The maximum absolute atomic E-state index is 5.32. The van der Waals surface area contributed by atoms with E-state index in [9.17, 15) is 0 Å². The Kier molecular flexibility index (Phi) is 3.17. The Morgan fingerprint density at radius 1 is 1.18 bits per heavy atom. The lowest BCUT2D eigenvalue weighted by Crippen LogP contribution is -2.10. The van der Waals surface area contributed by atoms with Crippen LogP contribution in [0.1, 0.15) is 26.3 Å². The first-order valence-corrected chi connectivity index (χ1v) is 6.42. The summed E-state index contributed by atoms with van der Waals surface area (Å²) in [6, 6.07) is 8.54. The number of anilines is 1. The molecule has 0 spiro atoms. The predicted octanol–water partition coefficient (Wildman–Crippen LogP) is 3.39. The third-order valence-corrected chi connectivity index (χ3v) is 3.54. The summed E-state index contributed by atoms with van der Waals surface area (Å²) in [5.74, 6) is 6.03. The summed E-state index contributed by atoms with van der Waals surface area (Å²) < 4.78 is 0. The number of rotatable bonds is 2. The van der Waals surface area contributed by atoms with Crippen molar-refractivity contribution in [3.63, 3.8) is 0 Å². The van der Waals surface area contributed by atoms with E-state index in [2.05, 4.69) is 55.4 Å². The van der Waals surface area contributed by atoms with E-state index in [4.69, 9.17) is 5.84 Å². The van der Waals surface area contributed by atoms with E-state index >= 15 is 0 Å². The summed E-state index contributed by atoms with van der Waals surface area (Å²) in [7, 11) is 0. The second-order valence-corrected chi connectivity index (χ2v) is 5.87. The Balaban J connectivity index is 2.29. The molecule has 0 amide bonds. The van der Waals surface area contributed by atoms with E-state index in [1.165, 1.54) is 5.56 Å². The van der Waals surface area contributed by atoms with Crippen LogP contribution in [0.15, 0.2) is 29.6 Å². The molecule has 0 unspecified atom stereocenters. The zero-order chi connectivity index (χ0) is 12.5. The van der Waals surface area contributed by atoms with Crippen molar-refractivity contribution in [2.75, 3.05) is 5.43 Å². The Hall–Kier alpha value is -1.39. The second kappa shape index (κ2) is 4.47. The van der Waals surface area contributed by atoms with Gasteiger partial charge in [0, 0.05) is 10.9 Å². The number of thiazole rings is 1. The van der Waals surface area contributed by atoms with Gasteiger partial charge in [-0.2, -0.15) is 0 Å². The first-order chi connectivity index (χ1) is 8.00. The van der Waals surface area contributed by atoms with E-state index < -0.39 is 0 Å². The highest BCUT2D eigenvalue weighted by Crippen LogP contribution is 2.28. The fourth-order valence-electron chi connectivity index (χ4n) is 1.59. The highest BCUT2D eigenvalue weighted by atomic mass is 32.1. The molecule has 0 saturated heterocycles. The van der Waals surface area contributed by atoms with Crippen LogP contribution in [0.25, 0.3) is 10.6 Å². The van der Waals surface area contributed by atoms with E-state index in [-0.39, 0.29) is 5.41 Å². The predicted molar refractivity (Wildman–Crippen MR) is 74.1 cm³/mol. The van der Waals surface area contributed by atoms with Gasteiger partial charge < -0.3 is 5.43 Å². The number of nitrogens with one attached hydrogen (secondary N) is 1. The van der Waals surface area contributed by atoms with Gasteiger partial charge in [-0.05, 0) is 11.0 Å². The Bertz CT molecular complexity index is 494. The molecule has 0 radical (unpaired) electrons. The number of hydrogen-bond acceptors (Lipinski definition) is 4. The summed E-state index contributed by atoms with van der Waals surface area (Å²) in [5.41, 5.74) is 5.20. The molecule has 0 aliphatic heterocycles. The van der Waals surface area contributed by atoms with Crippen LogP contribution in [0.2, 0.25) is 0 Å². The average Bonchev–Trinajstić information content (AvgIpc) is 2.76. The van der Waals surface area contributed by atoms with Gasteiger partial charge in [0.25, 0.3) is 0 Å². The van der Waals surface area contributed by atoms with Crippen molar-refractivity contribution < 1.29 is 0 Å². The summed E-state index contributed by atoms with van der Waals surface area (Å²) >= 11 is 1.59. The van der Waals surface area contributed by atoms with Crippen molar-refractivity contribution in [1.82, 2.24) is 4.98 Å². The minimum Gasteiger partial charge on any atom is -0.308 e. The number of hydrazine groups is 1. The number of nitrogens with zero attached hydrogens (tertiary/aromatic N) is 1. The molecule has 4 heteroatoms. The van der Waals surface area contributed by atoms with Gasteiger partial charge in [-0.15, -0.1) is 11.3 Å². The fraction of sp³-hybridized carbons (Fsp3) is 0.308. The van der Waals surface area contributed by atoms with Crippen LogP contribution < -0.4 is 11.3 Å². The highest BCUT2D eigenvalue weighted by Gasteiger charge is 2.13. The minimum atomic E-state index is 0.186. The zero-order valence-electron chi connectivity index (χ0n) is 10.3. The van der Waals surface area contributed by atoms with Gasteiger partial charge in [-0.25, -0.2) is 10.8 Å². The molecule has 0 aliphatic carbocycles. The topological polar surface area (TPSA) is 50.9 Å². The summed E-state index contributed by atoms with van der Waals surface area (Å²) in [6.07, 6.45) is 0. The molecule has 0 fully saturated rings. The maximum atomic E-state index is 5.32. The lowest BCUT2D eigenvalue weighted by Gasteiger charge is -2.18. The zero-order valence-corrected chi connectivity index (χ0v) is 11.1. The normalized spacial score (nSPS) is 11.5. The van der Waals surface area contributed by atoms with Crippen LogP contribution >= 0.6 is 11.3 Å². The van der Waals surface area contributed by atoms with Crippen molar-refractivity contribution in [3.05, 3.63) is 35.2 Å². The van der Waals surface area contributed by atoms with E-state index in [1.807, 2.05) is 5.38 Å². The molecule has 0 bridgehead atoms. The second-order valence-electron chi connectivity index (χ2n) is 5.01. The third kappa shape index (κ3) is 2.65. The molecule has 3 nitrogen and oxygen atoms in total. The third-order valence-electron chi connectivity index (χ3n) is 2.65. The molecule has 1 heterocycles. The molecule has 0 atom stereocenters. The summed E-state index contributed by atoms with van der Waals surface area (Å²) in [6.45, 7) is 6.63. The van der Waals surface area contributed by atoms with Gasteiger partial charge in [0.1, 0.15) is 5.01 Å². The molecule has 90 valence electrons. The minimum absolute atomic E-state index is 0.186. The van der Waals surface area contributed by atoms with Crippen molar-refractivity contribution in [3.8, 4) is 10.6 Å². The molecule has 2 rings (SSSR count). The van der Waals surface area contributed by atoms with Gasteiger partial charge in [-0.3, -0.25) is 0 Å². The van der Waals surface area contributed by atoms with E-state index in [0.29, 0.717) is 5.82 Å².